The van der Waals surface area contributed by atoms with Crippen molar-refractivity contribution in [3.05, 3.63) is 68.2 Å². The molecule has 0 atom stereocenters. The van der Waals surface area contributed by atoms with Gasteiger partial charge in [-0.3, -0.25) is 14.9 Å². The van der Waals surface area contributed by atoms with E-state index in [1.54, 1.807) is 19.1 Å². The van der Waals surface area contributed by atoms with Crippen LogP contribution in [0.5, 0.6) is 0 Å². The predicted molar refractivity (Wildman–Crippen MR) is 124 cm³/mol. The number of nitrogens with zero attached hydrogens (tertiary/aromatic N) is 4. The van der Waals surface area contributed by atoms with Crippen molar-refractivity contribution in [1.29, 1.82) is 0 Å². The first-order chi connectivity index (χ1) is 15.2. The maximum Gasteiger partial charge on any atom is 0.337 e. The largest absolute Gasteiger partial charge is 0.478 e. The number of hydrogen-bond donors (Lipinski definition) is 1. The van der Waals surface area contributed by atoms with Gasteiger partial charge >= 0.3 is 5.97 Å². The van der Waals surface area contributed by atoms with Gasteiger partial charge in [0.15, 0.2) is 0 Å². The topological polar surface area (TPSA) is 116 Å². The first kappa shape index (κ1) is 23.0. The SMILES string of the molecule is CCN(CC)c1ccc(/C=C2\C(=O)N(c3ccc(Cl)c(C(=O)O)c3)N=C2C)cc1[N+](=O)[O-]. The molecule has 166 valence electrons. The summed E-state index contributed by atoms with van der Waals surface area (Å²) in [5.74, 6) is -1.70. The number of anilines is 2. The second-order valence-corrected chi connectivity index (χ2v) is 7.41. The quantitative estimate of drug-likeness (QED) is 0.369. The monoisotopic (exact) mass is 456 g/mol. The average molecular weight is 457 g/mol. The number of amides is 1. The van der Waals surface area contributed by atoms with Crippen LogP contribution in [0.15, 0.2) is 47.1 Å². The number of nitro groups is 1. The fourth-order valence-electron chi connectivity index (χ4n) is 3.44. The van der Waals surface area contributed by atoms with E-state index in [0.717, 1.165) is 5.01 Å². The zero-order valence-corrected chi connectivity index (χ0v) is 18.5. The third-order valence-corrected chi connectivity index (χ3v) is 5.43. The normalized spacial score (nSPS) is 14.6. The number of carboxylic acids is 1. The smallest absolute Gasteiger partial charge is 0.337 e. The number of rotatable bonds is 7. The number of carbonyl (C=O) groups excluding carboxylic acids is 1. The maximum atomic E-state index is 13.0. The lowest BCUT2D eigenvalue weighted by molar-refractivity contribution is -0.384. The van der Waals surface area contributed by atoms with Crippen LogP contribution >= 0.6 is 11.6 Å². The Balaban J connectivity index is 1.99. The van der Waals surface area contributed by atoms with Gasteiger partial charge in [-0.1, -0.05) is 17.7 Å². The van der Waals surface area contributed by atoms with E-state index in [9.17, 15) is 24.8 Å². The summed E-state index contributed by atoms with van der Waals surface area (Å²) in [7, 11) is 0. The van der Waals surface area contributed by atoms with Crippen molar-refractivity contribution in [3.8, 4) is 0 Å². The van der Waals surface area contributed by atoms with Crippen LogP contribution < -0.4 is 9.91 Å². The van der Waals surface area contributed by atoms with Crippen molar-refractivity contribution in [2.45, 2.75) is 20.8 Å². The number of carbonyl (C=O) groups is 2. The zero-order chi connectivity index (χ0) is 23.6. The fourth-order valence-corrected chi connectivity index (χ4v) is 3.64. The molecule has 32 heavy (non-hydrogen) atoms. The Morgan fingerprint density at radius 3 is 2.53 bits per heavy atom. The number of carboxylic acid groups (broad SMARTS) is 1. The van der Waals surface area contributed by atoms with Crippen molar-refractivity contribution in [3.63, 3.8) is 0 Å². The fraction of sp³-hybridized carbons (Fsp3) is 0.227. The Morgan fingerprint density at radius 1 is 1.25 bits per heavy atom. The van der Waals surface area contributed by atoms with Crippen LogP contribution in [0.3, 0.4) is 0 Å². The third-order valence-electron chi connectivity index (χ3n) is 5.10. The Labute approximate surface area is 189 Å². The molecule has 1 aliphatic rings. The minimum Gasteiger partial charge on any atom is -0.478 e. The van der Waals surface area contributed by atoms with Gasteiger partial charge in [0.2, 0.25) is 0 Å². The molecule has 1 N–H and O–H groups in total. The van der Waals surface area contributed by atoms with Gasteiger partial charge in [0.05, 0.1) is 32.5 Å². The molecular weight excluding hydrogens is 436 g/mol. The lowest BCUT2D eigenvalue weighted by atomic mass is 10.1. The molecule has 0 bridgehead atoms. The number of halogens is 1. The standard InChI is InChI=1S/C22H21ClN4O5/c1-4-25(5-2)19-9-6-14(11-20(19)27(31)32)10-16-13(3)24-26(21(16)28)15-7-8-18(23)17(12-15)22(29)30/h6-12H,4-5H2,1-3H3,(H,29,30)/b16-10-. The number of hydrogen-bond acceptors (Lipinski definition) is 6. The summed E-state index contributed by atoms with van der Waals surface area (Å²) in [6.07, 6.45) is 1.54. The molecule has 0 aromatic heterocycles. The van der Waals surface area contributed by atoms with E-state index in [2.05, 4.69) is 5.10 Å². The minimum absolute atomic E-state index is 0.0463. The summed E-state index contributed by atoms with van der Waals surface area (Å²) in [5.41, 5.74) is 1.69. The molecule has 0 saturated carbocycles. The average Bonchev–Trinajstić information content (AvgIpc) is 3.03. The first-order valence-corrected chi connectivity index (χ1v) is 10.2. The molecule has 2 aromatic rings. The van der Waals surface area contributed by atoms with Gasteiger partial charge in [0, 0.05) is 19.2 Å². The first-order valence-electron chi connectivity index (χ1n) is 9.85. The van der Waals surface area contributed by atoms with E-state index in [0.29, 0.717) is 30.1 Å². The summed E-state index contributed by atoms with van der Waals surface area (Å²) in [6, 6.07) is 8.95. The Morgan fingerprint density at radius 2 is 1.94 bits per heavy atom. The van der Waals surface area contributed by atoms with Crippen LogP contribution in [0.25, 0.3) is 6.08 Å². The molecule has 0 radical (unpaired) electrons. The molecule has 2 aromatic carbocycles. The van der Waals surface area contributed by atoms with E-state index >= 15 is 0 Å². The summed E-state index contributed by atoms with van der Waals surface area (Å²) in [5, 5.41) is 26.3. The highest BCUT2D eigenvalue weighted by Gasteiger charge is 2.30. The summed E-state index contributed by atoms with van der Waals surface area (Å²) in [4.78, 5) is 37.4. The molecule has 1 heterocycles. The summed E-state index contributed by atoms with van der Waals surface area (Å²) in [6.45, 7) is 6.71. The highest BCUT2D eigenvalue weighted by Crippen LogP contribution is 2.32. The van der Waals surface area contributed by atoms with E-state index < -0.39 is 16.8 Å². The van der Waals surface area contributed by atoms with Gasteiger partial charge in [0.25, 0.3) is 11.6 Å². The van der Waals surface area contributed by atoms with Crippen molar-refractivity contribution >= 4 is 52.3 Å². The second kappa shape index (κ2) is 9.19. The van der Waals surface area contributed by atoms with Crippen molar-refractivity contribution in [2.24, 2.45) is 5.10 Å². The second-order valence-electron chi connectivity index (χ2n) is 7.01. The van der Waals surface area contributed by atoms with Gasteiger partial charge in [-0.25, -0.2) is 4.79 Å². The minimum atomic E-state index is -1.22. The number of hydrazone groups is 1. The molecule has 10 heteroatoms. The number of nitro benzene ring substituents is 1. The highest BCUT2D eigenvalue weighted by molar-refractivity contribution is 6.34. The Bertz CT molecular complexity index is 1170. The number of aromatic carboxylic acids is 1. The molecule has 0 spiro atoms. The third kappa shape index (κ3) is 4.33. The molecule has 0 unspecified atom stereocenters. The molecule has 9 nitrogen and oxygen atoms in total. The lowest BCUT2D eigenvalue weighted by Crippen LogP contribution is -2.23. The summed E-state index contributed by atoms with van der Waals surface area (Å²) < 4.78 is 0. The van der Waals surface area contributed by atoms with Crippen molar-refractivity contribution in [2.75, 3.05) is 23.0 Å². The van der Waals surface area contributed by atoms with Gasteiger partial charge in [-0.2, -0.15) is 10.1 Å². The van der Waals surface area contributed by atoms with Crippen molar-refractivity contribution < 1.29 is 19.6 Å². The number of benzene rings is 2. The molecule has 0 saturated heterocycles. The maximum absolute atomic E-state index is 13.0. The Hall–Kier alpha value is -3.72. The van der Waals surface area contributed by atoms with Crippen LogP contribution in [0.1, 0.15) is 36.7 Å². The van der Waals surface area contributed by atoms with E-state index in [-0.39, 0.29) is 27.5 Å². The van der Waals surface area contributed by atoms with Crippen molar-refractivity contribution in [1.82, 2.24) is 0 Å². The van der Waals surface area contributed by atoms with Crippen LogP contribution in [-0.2, 0) is 4.79 Å². The molecular formula is C22H21ClN4O5. The van der Waals surface area contributed by atoms with E-state index in [4.69, 9.17) is 11.6 Å². The van der Waals surface area contributed by atoms with Gasteiger partial charge in [-0.15, -0.1) is 0 Å². The molecule has 0 aliphatic carbocycles. The van der Waals surface area contributed by atoms with Crippen LogP contribution in [0, 0.1) is 10.1 Å². The van der Waals surface area contributed by atoms with Crippen LogP contribution in [0.4, 0.5) is 17.1 Å². The molecule has 0 fully saturated rings. The van der Waals surface area contributed by atoms with Gasteiger partial charge < -0.3 is 10.0 Å². The van der Waals surface area contributed by atoms with E-state index in [1.807, 2.05) is 18.7 Å². The lowest BCUT2D eigenvalue weighted by Gasteiger charge is -2.20. The zero-order valence-electron chi connectivity index (χ0n) is 17.7. The Kier molecular flexibility index (Phi) is 6.59. The van der Waals surface area contributed by atoms with Crippen LogP contribution in [-0.4, -0.2) is 40.7 Å². The van der Waals surface area contributed by atoms with E-state index in [1.165, 1.54) is 30.3 Å². The molecule has 3 rings (SSSR count). The van der Waals surface area contributed by atoms with Gasteiger partial charge in [0.1, 0.15) is 5.69 Å². The van der Waals surface area contributed by atoms with Gasteiger partial charge in [-0.05, 0) is 56.7 Å². The molecule has 1 aliphatic heterocycles. The summed E-state index contributed by atoms with van der Waals surface area (Å²) >= 11 is 5.91. The molecule has 1 amide bonds. The highest BCUT2D eigenvalue weighted by atomic mass is 35.5. The van der Waals surface area contributed by atoms with Crippen LogP contribution in [0.2, 0.25) is 5.02 Å². The predicted octanol–water partition coefficient (Wildman–Crippen LogP) is 4.60.